The SMILES string of the molecule is CCCNCC1CCN(c2nc(C)cc(C)n2)CC1. The number of aryl methyl sites for hydroxylation is 2. The molecule has 0 aliphatic carbocycles. The zero-order chi connectivity index (χ0) is 13.7. The maximum atomic E-state index is 4.56. The molecular formula is C15H26N4. The van der Waals surface area contributed by atoms with Crippen molar-refractivity contribution in [3.05, 3.63) is 17.5 Å². The molecule has 0 saturated carbocycles. The fraction of sp³-hybridized carbons (Fsp3) is 0.733. The minimum absolute atomic E-state index is 0.814. The number of piperidine rings is 1. The summed E-state index contributed by atoms with van der Waals surface area (Å²) in [7, 11) is 0. The minimum Gasteiger partial charge on any atom is -0.341 e. The van der Waals surface area contributed by atoms with Crippen molar-refractivity contribution in [3.63, 3.8) is 0 Å². The summed E-state index contributed by atoms with van der Waals surface area (Å²) in [6.07, 6.45) is 3.70. The monoisotopic (exact) mass is 262 g/mol. The molecule has 4 heteroatoms. The van der Waals surface area contributed by atoms with Gasteiger partial charge >= 0.3 is 0 Å². The first-order valence-electron chi connectivity index (χ1n) is 7.47. The first kappa shape index (κ1) is 14.3. The minimum atomic E-state index is 0.814. The Morgan fingerprint density at radius 2 is 1.84 bits per heavy atom. The number of hydrogen-bond acceptors (Lipinski definition) is 4. The van der Waals surface area contributed by atoms with Crippen LogP contribution in [-0.2, 0) is 0 Å². The summed E-state index contributed by atoms with van der Waals surface area (Å²) < 4.78 is 0. The summed E-state index contributed by atoms with van der Waals surface area (Å²) in [5, 5.41) is 3.53. The lowest BCUT2D eigenvalue weighted by Gasteiger charge is -2.32. The van der Waals surface area contributed by atoms with Crippen LogP contribution in [0.1, 0.15) is 37.6 Å². The van der Waals surface area contributed by atoms with Crippen LogP contribution < -0.4 is 10.2 Å². The maximum Gasteiger partial charge on any atom is 0.225 e. The normalized spacial score (nSPS) is 16.9. The molecule has 0 amide bonds. The van der Waals surface area contributed by atoms with Crippen LogP contribution in [0.25, 0.3) is 0 Å². The lowest BCUT2D eigenvalue weighted by Crippen LogP contribution is -2.38. The molecule has 0 atom stereocenters. The second-order valence-corrected chi connectivity index (χ2v) is 5.59. The second-order valence-electron chi connectivity index (χ2n) is 5.59. The Kier molecular flexibility index (Phi) is 5.14. The third kappa shape index (κ3) is 4.16. The number of rotatable bonds is 5. The summed E-state index contributed by atoms with van der Waals surface area (Å²) >= 11 is 0. The first-order chi connectivity index (χ1) is 9.19. The molecule has 19 heavy (non-hydrogen) atoms. The predicted molar refractivity (Wildman–Crippen MR) is 79.6 cm³/mol. The van der Waals surface area contributed by atoms with Crippen LogP contribution in [0.2, 0.25) is 0 Å². The molecule has 1 N–H and O–H groups in total. The Morgan fingerprint density at radius 3 is 2.42 bits per heavy atom. The van der Waals surface area contributed by atoms with E-state index in [0.29, 0.717) is 0 Å². The van der Waals surface area contributed by atoms with Crippen molar-refractivity contribution >= 4 is 5.95 Å². The number of anilines is 1. The topological polar surface area (TPSA) is 41.0 Å². The van der Waals surface area contributed by atoms with Crippen LogP contribution in [0.4, 0.5) is 5.95 Å². The van der Waals surface area contributed by atoms with Crippen molar-refractivity contribution in [1.29, 1.82) is 0 Å². The lowest BCUT2D eigenvalue weighted by atomic mass is 9.97. The van der Waals surface area contributed by atoms with E-state index in [2.05, 4.69) is 27.1 Å². The van der Waals surface area contributed by atoms with Gasteiger partial charge < -0.3 is 10.2 Å². The summed E-state index contributed by atoms with van der Waals surface area (Å²) in [6.45, 7) is 10.8. The molecule has 0 bridgehead atoms. The molecule has 0 spiro atoms. The van der Waals surface area contributed by atoms with Crippen LogP contribution in [0, 0.1) is 19.8 Å². The van der Waals surface area contributed by atoms with Gasteiger partial charge in [0.25, 0.3) is 0 Å². The fourth-order valence-electron chi connectivity index (χ4n) is 2.67. The smallest absolute Gasteiger partial charge is 0.225 e. The molecule has 106 valence electrons. The molecule has 0 unspecified atom stereocenters. The van der Waals surface area contributed by atoms with Gasteiger partial charge in [0.2, 0.25) is 5.95 Å². The molecule has 2 heterocycles. The van der Waals surface area contributed by atoms with Gasteiger partial charge in [-0.3, -0.25) is 0 Å². The van der Waals surface area contributed by atoms with Gasteiger partial charge in [0.1, 0.15) is 0 Å². The van der Waals surface area contributed by atoms with Crippen molar-refractivity contribution in [2.45, 2.75) is 40.0 Å². The number of nitrogens with zero attached hydrogens (tertiary/aromatic N) is 3. The fourth-order valence-corrected chi connectivity index (χ4v) is 2.67. The Hall–Kier alpha value is -1.16. The number of hydrogen-bond donors (Lipinski definition) is 1. The highest BCUT2D eigenvalue weighted by Gasteiger charge is 2.20. The van der Waals surface area contributed by atoms with E-state index in [1.807, 2.05) is 19.9 Å². The Balaban J connectivity index is 1.85. The molecule has 1 aromatic rings. The van der Waals surface area contributed by atoms with Gasteiger partial charge in [-0.05, 0) is 58.2 Å². The van der Waals surface area contributed by atoms with Gasteiger partial charge in [-0.1, -0.05) is 6.92 Å². The van der Waals surface area contributed by atoms with Crippen molar-refractivity contribution in [1.82, 2.24) is 15.3 Å². The van der Waals surface area contributed by atoms with Gasteiger partial charge in [0.05, 0.1) is 0 Å². The van der Waals surface area contributed by atoms with E-state index in [-0.39, 0.29) is 0 Å². The van der Waals surface area contributed by atoms with E-state index in [4.69, 9.17) is 0 Å². The molecule has 0 aromatic carbocycles. The van der Waals surface area contributed by atoms with Crippen LogP contribution in [-0.4, -0.2) is 36.1 Å². The summed E-state index contributed by atoms with van der Waals surface area (Å²) in [4.78, 5) is 11.4. The van der Waals surface area contributed by atoms with Gasteiger partial charge in [0, 0.05) is 24.5 Å². The van der Waals surface area contributed by atoms with E-state index in [1.165, 1.54) is 19.3 Å². The van der Waals surface area contributed by atoms with Crippen LogP contribution in [0.3, 0.4) is 0 Å². The average molecular weight is 262 g/mol. The Bertz CT molecular complexity index is 377. The van der Waals surface area contributed by atoms with E-state index < -0.39 is 0 Å². The van der Waals surface area contributed by atoms with Crippen molar-refractivity contribution in [3.8, 4) is 0 Å². The largest absolute Gasteiger partial charge is 0.341 e. The third-order valence-electron chi connectivity index (χ3n) is 3.73. The molecule has 1 saturated heterocycles. The lowest BCUT2D eigenvalue weighted by molar-refractivity contribution is 0.381. The highest BCUT2D eigenvalue weighted by Crippen LogP contribution is 2.20. The molecule has 1 aliphatic heterocycles. The Labute approximate surface area is 116 Å². The standard InChI is InChI=1S/C15H26N4/c1-4-7-16-11-14-5-8-19(9-6-14)15-17-12(2)10-13(3)18-15/h10,14,16H,4-9,11H2,1-3H3. The molecule has 1 aromatic heterocycles. The van der Waals surface area contributed by atoms with Crippen LogP contribution in [0.5, 0.6) is 0 Å². The molecular weight excluding hydrogens is 236 g/mol. The quantitative estimate of drug-likeness (QED) is 0.827. The third-order valence-corrected chi connectivity index (χ3v) is 3.73. The molecule has 2 rings (SSSR count). The second kappa shape index (κ2) is 6.85. The van der Waals surface area contributed by atoms with Gasteiger partial charge in [-0.15, -0.1) is 0 Å². The first-order valence-corrected chi connectivity index (χ1v) is 7.47. The number of aromatic nitrogens is 2. The van der Waals surface area contributed by atoms with Gasteiger partial charge in [0.15, 0.2) is 0 Å². The molecule has 0 radical (unpaired) electrons. The zero-order valence-corrected chi connectivity index (χ0v) is 12.4. The molecule has 1 fully saturated rings. The van der Waals surface area contributed by atoms with Crippen molar-refractivity contribution in [2.75, 3.05) is 31.1 Å². The Morgan fingerprint density at radius 1 is 1.21 bits per heavy atom. The van der Waals surface area contributed by atoms with Crippen LogP contribution >= 0.6 is 0 Å². The molecule has 4 nitrogen and oxygen atoms in total. The highest BCUT2D eigenvalue weighted by atomic mass is 15.3. The van der Waals surface area contributed by atoms with E-state index in [0.717, 1.165) is 49.4 Å². The summed E-state index contributed by atoms with van der Waals surface area (Å²) in [5.74, 6) is 1.73. The highest BCUT2D eigenvalue weighted by molar-refractivity contribution is 5.32. The summed E-state index contributed by atoms with van der Waals surface area (Å²) in [5.41, 5.74) is 2.13. The van der Waals surface area contributed by atoms with Gasteiger partial charge in [-0.2, -0.15) is 0 Å². The van der Waals surface area contributed by atoms with Crippen molar-refractivity contribution in [2.24, 2.45) is 5.92 Å². The van der Waals surface area contributed by atoms with Crippen LogP contribution in [0.15, 0.2) is 6.07 Å². The van der Waals surface area contributed by atoms with E-state index in [9.17, 15) is 0 Å². The van der Waals surface area contributed by atoms with E-state index >= 15 is 0 Å². The number of nitrogens with one attached hydrogen (secondary N) is 1. The van der Waals surface area contributed by atoms with Gasteiger partial charge in [-0.25, -0.2) is 9.97 Å². The average Bonchev–Trinajstić information content (AvgIpc) is 2.39. The van der Waals surface area contributed by atoms with E-state index in [1.54, 1.807) is 0 Å². The molecule has 1 aliphatic rings. The maximum absolute atomic E-state index is 4.56. The van der Waals surface area contributed by atoms with Crippen molar-refractivity contribution < 1.29 is 0 Å². The summed E-state index contributed by atoms with van der Waals surface area (Å²) in [6, 6.07) is 2.03. The predicted octanol–water partition coefficient (Wildman–Crippen LogP) is 2.31. The zero-order valence-electron chi connectivity index (χ0n) is 12.4.